The summed E-state index contributed by atoms with van der Waals surface area (Å²) in [6, 6.07) is -0.212. The van der Waals surface area contributed by atoms with Gasteiger partial charge in [-0.1, -0.05) is 12.8 Å². The van der Waals surface area contributed by atoms with Crippen LogP contribution in [0.5, 0.6) is 0 Å². The van der Waals surface area contributed by atoms with Gasteiger partial charge in [-0.05, 0) is 51.0 Å². The third-order valence-corrected chi connectivity index (χ3v) is 6.00. The van der Waals surface area contributed by atoms with Crippen LogP contribution in [0.3, 0.4) is 0 Å². The number of piperidine rings is 1. The van der Waals surface area contributed by atoms with Gasteiger partial charge >= 0.3 is 6.03 Å². The van der Waals surface area contributed by atoms with Gasteiger partial charge in [0.15, 0.2) is 0 Å². The maximum absolute atomic E-state index is 13.1. The number of carbonyl (C=O) groups is 2. The second kappa shape index (κ2) is 7.91. The van der Waals surface area contributed by atoms with E-state index in [-0.39, 0.29) is 24.3 Å². The lowest BCUT2D eigenvalue weighted by Gasteiger charge is -2.42. The summed E-state index contributed by atoms with van der Waals surface area (Å²) in [5.74, 6) is 0.141. The highest BCUT2D eigenvalue weighted by Gasteiger charge is 2.47. The average molecular weight is 359 g/mol. The molecule has 0 aromatic heterocycles. The maximum Gasteiger partial charge on any atom is 0.315 e. The van der Waals surface area contributed by atoms with Crippen molar-refractivity contribution in [3.63, 3.8) is 0 Å². The smallest absolute Gasteiger partial charge is 0.315 e. The molecule has 0 atom stereocenters. The Bertz CT molecular complexity index is 450. The van der Waals surface area contributed by atoms with Crippen molar-refractivity contribution in [2.75, 3.05) is 32.7 Å². The lowest BCUT2D eigenvalue weighted by atomic mass is 9.77. The standard InChI is InChI=1S/C17H30N4O2.ClH/c1-2-19-15(23)20-17(5-3-4-6-17)14(22)21-11-8-16(9-12-21)7-10-18-13-16;/h18H,2-13H2,1H3,(H2,19,20,23);1H. The second-order valence-corrected chi connectivity index (χ2v) is 7.49. The van der Waals surface area contributed by atoms with Crippen molar-refractivity contribution < 1.29 is 9.59 Å². The zero-order chi connectivity index (χ0) is 16.3. The van der Waals surface area contributed by atoms with Crippen LogP contribution in [0.1, 0.15) is 51.9 Å². The molecule has 3 N–H and O–H groups in total. The minimum atomic E-state index is -0.669. The maximum atomic E-state index is 13.1. The van der Waals surface area contributed by atoms with E-state index in [0.717, 1.165) is 64.7 Å². The number of carbonyl (C=O) groups excluding carboxylic acids is 2. The predicted octanol–water partition coefficient (Wildman–Crippen LogP) is 1.64. The molecule has 0 bridgehead atoms. The molecule has 3 aliphatic rings. The van der Waals surface area contributed by atoms with Crippen molar-refractivity contribution in [3.05, 3.63) is 0 Å². The van der Waals surface area contributed by atoms with E-state index in [0.29, 0.717) is 12.0 Å². The Morgan fingerprint density at radius 1 is 1.08 bits per heavy atom. The number of nitrogens with one attached hydrogen (secondary N) is 3. The fraction of sp³-hybridized carbons (Fsp3) is 0.882. The van der Waals surface area contributed by atoms with Gasteiger partial charge < -0.3 is 20.9 Å². The number of hydrogen-bond donors (Lipinski definition) is 3. The molecule has 2 saturated heterocycles. The van der Waals surface area contributed by atoms with E-state index in [4.69, 9.17) is 0 Å². The molecule has 138 valence electrons. The number of halogens is 1. The van der Waals surface area contributed by atoms with Crippen LogP contribution in [0.4, 0.5) is 4.79 Å². The molecule has 0 unspecified atom stereocenters. The number of hydrogen-bond acceptors (Lipinski definition) is 3. The Labute approximate surface area is 150 Å². The van der Waals surface area contributed by atoms with Gasteiger partial charge in [0, 0.05) is 26.2 Å². The monoisotopic (exact) mass is 358 g/mol. The fourth-order valence-corrected chi connectivity index (χ4v) is 4.50. The number of rotatable bonds is 3. The van der Waals surface area contributed by atoms with Gasteiger partial charge in [0.1, 0.15) is 5.54 Å². The van der Waals surface area contributed by atoms with E-state index >= 15 is 0 Å². The van der Waals surface area contributed by atoms with Crippen molar-refractivity contribution in [1.82, 2.24) is 20.9 Å². The van der Waals surface area contributed by atoms with Crippen LogP contribution in [0, 0.1) is 5.41 Å². The molecule has 0 aromatic carbocycles. The molecule has 0 radical (unpaired) electrons. The minimum absolute atomic E-state index is 0. The molecule has 3 amide bonds. The molecular formula is C17H31ClN4O2. The van der Waals surface area contributed by atoms with Gasteiger partial charge in [-0.15, -0.1) is 12.4 Å². The molecule has 2 aliphatic heterocycles. The summed E-state index contributed by atoms with van der Waals surface area (Å²) in [4.78, 5) is 27.1. The molecule has 1 aliphatic carbocycles. The molecule has 2 heterocycles. The molecule has 24 heavy (non-hydrogen) atoms. The summed E-state index contributed by atoms with van der Waals surface area (Å²) in [6.07, 6.45) is 6.97. The first-order valence-corrected chi connectivity index (χ1v) is 9.15. The van der Waals surface area contributed by atoms with Gasteiger partial charge in [0.25, 0.3) is 0 Å². The Morgan fingerprint density at radius 2 is 1.75 bits per heavy atom. The highest BCUT2D eigenvalue weighted by Crippen LogP contribution is 2.39. The van der Waals surface area contributed by atoms with E-state index in [2.05, 4.69) is 16.0 Å². The molecule has 7 heteroatoms. The quantitative estimate of drug-likeness (QED) is 0.718. The number of nitrogens with zero attached hydrogens (tertiary/aromatic N) is 1. The lowest BCUT2D eigenvalue weighted by molar-refractivity contribution is -0.140. The minimum Gasteiger partial charge on any atom is -0.341 e. The highest BCUT2D eigenvalue weighted by molar-refractivity contribution is 5.91. The summed E-state index contributed by atoms with van der Waals surface area (Å²) < 4.78 is 0. The molecule has 1 saturated carbocycles. The first-order valence-electron chi connectivity index (χ1n) is 9.15. The summed E-state index contributed by atoms with van der Waals surface area (Å²) >= 11 is 0. The summed E-state index contributed by atoms with van der Waals surface area (Å²) in [5, 5.41) is 9.22. The Balaban J connectivity index is 0.00000208. The summed E-state index contributed by atoms with van der Waals surface area (Å²) in [5.41, 5.74) is -0.260. The molecule has 0 aromatic rings. The Morgan fingerprint density at radius 3 is 2.29 bits per heavy atom. The van der Waals surface area contributed by atoms with Crippen LogP contribution in [-0.4, -0.2) is 55.1 Å². The van der Waals surface area contributed by atoms with E-state index in [1.165, 1.54) is 6.42 Å². The largest absolute Gasteiger partial charge is 0.341 e. The van der Waals surface area contributed by atoms with E-state index in [1.807, 2.05) is 11.8 Å². The van der Waals surface area contributed by atoms with Crippen LogP contribution >= 0.6 is 12.4 Å². The Kier molecular flexibility index (Phi) is 6.37. The van der Waals surface area contributed by atoms with Crippen LogP contribution in [0.25, 0.3) is 0 Å². The van der Waals surface area contributed by atoms with E-state index in [1.54, 1.807) is 0 Å². The zero-order valence-electron chi connectivity index (χ0n) is 14.7. The molecule has 1 spiro atoms. The summed E-state index contributed by atoms with van der Waals surface area (Å²) in [7, 11) is 0. The van der Waals surface area contributed by atoms with Crippen LogP contribution in [-0.2, 0) is 4.79 Å². The van der Waals surface area contributed by atoms with Crippen LogP contribution < -0.4 is 16.0 Å². The molecule has 3 fully saturated rings. The van der Waals surface area contributed by atoms with Crippen molar-refractivity contribution in [2.45, 2.75) is 57.4 Å². The van der Waals surface area contributed by atoms with Crippen LogP contribution in [0.15, 0.2) is 0 Å². The first kappa shape index (κ1) is 19.3. The lowest BCUT2D eigenvalue weighted by Crippen LogP contribution is -2.61. The number of amides is 3. The van der Waals surface area contributed by atoms with Gasteiger partial charge in [-0.3, -0.25) is 4.79 Å². The van der Waals surface area contributed by atoms with Crippen molar-refractivity contribution in [3.8, 4) is 0 Å². The van der Waals surface area contributed by atoms with Crippen LogP contribution in [0.2, 0.25) is 0 Å². The van der Waals surface area contributed by atoms with Gasteiger partial charge in [0.2, 0.25) is 5.91 Å². The van der Waals surface area contributed by atoms with Crippen molar-refractivity contribution in [1.29, 1.82) is 0 Å². The molecule has 6 nitrogen and oxygen atoms in total. The van der Waals surface area contributed by atoms with Gasteiger partial charge in [-0.25, -0.2) is 4.79 Å². The summed E-state index contributed by atoms with van der Waals surface area (Å²) in [6.45, 7) is 6.34. The van der Waals surface area contributed by atoms with E-state index in [9.17, 15) is 9.59 Å². The predicted molar refractivity (Wildman–Crippen MR) is 96.4 cm³/mol. The third-order valence-electron chi connectivity index (χ3n) is 6.00. The SMILES string of the molecule is CCNC(=O)NC1(C(=O)N2CCC3(CCNC3)CC2)CCCC1.Cl. The highest BCUT2D eigenvalue weighted by atomic mass is 35.5. The molecular weight excluding hydrogens is 328 g/mol. The molecule has 3 rings (SSSR count). The fourth-order valence-electron chi connectivity index (χ4n) is 4.50. The average Bonchev–Trinajstić information content (AvgIpc) is 3.19. The normalized spacial score (nSPS) is 24.5. The van der Waals surface area contributed by atoms with Gasteiger partial charge in [-0.2, -0.15) is 0 Å². The van der Waals surface area contributed by atoms with E-state index < -0.39 is 5.54 Å². The van der Waals surface area contributed by atoms with Crippen molar-refractivity contribution in [2.24, 2.45) is 5.41 Å². The number of likely N-dealkylation sites (tertiary alicyclic amines) is 1. The number of urea groups is 1. The Hall–Kier alpha value is -1.01. The zero-order valence-corrected chi connectivity index (χ0v) is 15.5. The van der Waals surface area contributed by atoms with Gasteiger partial charge in [0.05, 0.1) is 0 Å². The topological polar surface area (TPSA) is 73.5 Å². The van der Waals surface area contributed by atoms with Crippen molar-refractivity contribution >= 4 is 24.3 Å². The first-order chi connectivity index (χ1) is 11.1. The second-order valence-electron chi connectivity index (χ2n) is 7.49. The third kappa shape index (κ3) is 3.80.